The molecule has 1 fully saturated rings. The number of rotatable bonds is 3. The third kappa shape index (κ3) is 3.98. The zero-order chi connectivity index (χ0) is 17.1. The second kappa shape index (κ2) is 7.66. The molecular weight excluding hydrogens is 437 g/mol. The van der Waals surface area contributed by atoms with Gasteiger partial charge in [0.15, 0.2) is 5.78 Å². The Hall–Kier alpha value is -1.40. The summed E-state index contributed by atoms with van der Waals surface area (Å²) in [6.45, 7) is 1.24. The zero-order valence-electron chi connectivity index (χ0n) is 13.0. The molecule has 1 aliphatic rings. The van der Waals surface area contributed by atoms with Crippen LogP contribution in [0.15, 0.2) is 48.5 Å². The number of carbonyl (C=O) groups is 2. The van der Waals surface area contributed by atoms with Crippen molar-refractivity contribution in [2.24, 2.45) is 5.92 Å². The van der Waals surface area contributed by atoms with E-state index in [-0.39, 0.29) is 17.6 Å². The number of halogens is 2. The van der Waals surface area contributed by atoms with Gasteiger partial charge in [0.1, 0.15) is 0 Å². The van der Waals surface area contributed by atoms with Gasteiger partial charge in [0.2, 0.25) is 0 Å². The van der Waals surface area contributed by atoms with E-state index in [4.69, 9.17) is 11.6 Å². The van der Waals surface area contributed by atoms with Crippen LogP contribution in [0.3, 0.4) is 0 Å². The topological polar surface area (TPSA) is 37.4 Å². The first-order chi connectivity index (χ1) is 11.5. The monoisotopic (exact) mass is 453 g/mol. The largest absolute Gasteiger partial charge is 0.339 e. The Kier molecular flexibility index (Phi) is 5.56. The molecule has 1 heterocycles. The molecule has 0 aromatic heterocycles. The molecule has 1 amide bonds. The van der Waals surface area contributed by atoms with Crippen LogP contribution in [0.1, 0.15) is 33.6 Å². The molecule has 24 heavy (non-hydrogen) atoms. The normalized spacial score (nSPS) is 15.3. The van der Waals surface area contributed by atoms with Crippen molar-refractivity contribution in [3.8, 4) is 0 Å². The van der Waals surface area contributed by atoms with Gasteiger partial charge in [-0.1, -0.05) is 17.7 Å². The lowest BCUT2D eigenvalue weighted by atomic mass is 9.88. The Labute approximate surface area is 160 Å². The Morgan fingerprint density at radius 2 is 1.67 bits per heavy atom. The SMILES string of the molecule is O=C(c1ccc(Cl)cc1)C1CCN(C(=O)c2cccc(I)c2)CC1. The standard InChI is InChI=1S/C19H17ClINO2/c20-16-6-4-13(5-7-16)18(23)14-8-10-22(11-9-14)19(24)15-2-1-3-17(21)12-15/h1-7,12,14H,8-11H2. The maximum atomic E-state index is 12.6. The van der Waals surface area contributed by atoms with Crippen molar-refractivity contribution >= 4 is 45.9 Å². The van der Waals surface area contributed by atoms with Crippen molar-refractivity contribution in [3.63, 3.8) is 0 Å². The maximum absolute atomic E-state index is 12.6. The summed E-state index contributed by atoms with van der Waals surface area (Å²) >= 11 is 8.07. The number of piperidine rings is 1. The number of benzene rings is 2. The Morgan fingerprint density at radius 3 is 2.29 bits per heavy atom. The molecule has 0 N–H and O–H groups in total. The van der Waals surface area contributed by atoms with Crippen LogP contribution in [0.5, 0.6) is 0 Å². The van der Waals surface area contributed by atoms with Gasteiger partial charge < -0.3 is 4.90 Å². The van der Waals surface area contributed by atoms with E-state index in [0.29, 0.717) is 42.1 Å². The smallest absolute Gasteiger partial charge is 0.253 e. The second-order valence-corrected chi connectivity index (χ2v) is 7.63. The third-order valence-electron chi connectivity index (χ3n) is 4.35. The van der Waals surface area contributed by atoms with E-state index >= 15 is 0 Å². The van der Waals surface area contributed by atoms with Crippen molar-refractivity contribution in [2.75, 3.05) is 13.1 Å². The summed E-state index contributed by atoms with van der Waals surface area (Å²) in [5, 5.41) is 0.629. The fraction of sp³-hybridized carbons (Fsp3) is 0.263. The van der Waals surface area contributed by atoms with Crippen LogP contribution in [0, 0.1) is 9.49 Å². The van der Waals surface area contributed by atoms with Crippen molar-refractivity contribution in [3.05, 3.63) is 68.3 Å². The Morgan fingerprint density at radius 1 is 1.00 bits per heavy atom. The highest BCUT2D eigenvalue weighted by atomic mass is 127. The van der Waals surface area contributed by atoms with Gasteiger partial charge in [0, 0.05) is 38.7 Å². The molecule has 0 spiro atoms. The second-order valence-electron chi connectivity index (χ2n) is 5.95. The number of nitrogens with zero attached hydrogens (tertiary/aromatic N) is 1. The molecule has 124 valence electrons. The first kappa shape index (κ1) is 17.4. The predicted molar refractivity (Wildman–Crippen MR) is 104 cm³/mol. The molecule has 0 atom stereocenters. The van der Waals surface area contributed by atoms with E-state index in [1.54, 1.807) is 24.3 Å². The lowest BCUT2D eigenvalue weighted by molar-refractivity contribution is 0.0650. The van der Waals surface area contributed by atoms with E-state index in [1.807, 2.05) is 29.2 Å². The molecule has 2 aromatic rings. The quantitative estimate of drug-likeness (QED) is 0.500. The van der Waals surface area contributed by atoms with Crippen LogP contribution in [0.25, 0.3) is 0 Å². The summed E-state index contributed by atoms with van der Waals surface area (Å²) in [5.41, 5.74) is 1.41. The molecule has 0 saturated carbocycles. The minimum absolute atomic E-state index is 0.0221. The summed E-state index contributed by atoms with van der Waals surface area (Å²) in [7, 11) is 0. The van der Waals surface area contributed by atoms with Crippen LogP contribution in [-0.2, 0) is 0 Å². The number of likely N-dealkylation sites (tertiary alicyclic amines) is 1. The number of hydrogen-bond donors (Lipinski definition) is 0. The van der Waals surface area contributed by atoms with Crippen molar-refractivity contribution < 1.29 is 9.59 Å². The summed E-state index contributed by atoms with van der Waals surface area (Å²) in [5.74, 6) is 0.171. The molecule has 0 radical (unpaired) electrons. The van der Waals surface area contributed by atoms with E-state index in [1.165, 1.54) is 0 Å². The third-order valence-corrected chi connectivity index (χ3v) is 5.28. The van der Waals surface area contributed by atoms with Crippen LogP contribution >= 0.6 is 34.2 Å². The van der Waals surface area contributed by atoms with Crippen molar-refractivity contribution in [1.82, 2.24) is 4.90 Å². The molecule has 0 bridgehead atoms. The van der Waals surface area contributed by atoms with Gasteiger partial charge in [-0.05, 0) is 77.9 Å². The van der Waals surface area contributed by atoms with Crippen molar-refractivity contribution in [1.29, 1.82) is 0 Å². The van der Waals surface area contributed by atoms with Gasteiger partial charge in [0.05, 0.1) is 0 Å². The number of ketones is 1. The molecule has 1 saturated heterocycles. The lowest BCUT2D eigenvalue weighted by Crippen LogP contribution is -2.40. The van der Waals surface area contributed by atoms with Gasteiger partial charge in [-0.3, -0.25) is 9.59 Å². The fourth-order valence-electron chi connectivity index (χ4n) is 3.00. The summed E-state index contributed by atoms with van der Waals surface area (Å²) in [4.78, 5) is 27.0. The van der Waals surface area contributed by atoms with Crippen molar-refractivity contribution in [2.45, 2.75) is 12.8 Å². The molecule has 2 aromatic carbocycles. The van der Waals surface area contributed by atoms with Crippen LogP contribution < -0.4 is 0 Å². The minimum Gasteiger partial charge on any atom is -0.339 e. The highest BCUT2D eigenvalue weighted by Gasteiger charge is 2.28. The van der Waals surface area contributed by atoms with Crippen LogP contribution in [-0.4, -0.2) is 29.7 Å². The van der Waals surface area contributed by atoms with Gasteiger partial charge in [-0.25, -0.2) is 0 Å². The summed E-state index contributed by atoms with van der Waals surface area (Å²) in [6, 6.07) is 14.6. The van der Waals surface area contributed by atoms with E-state index < -0.39 is 0 Å². The van der Waals surface area contributed by atoms with E-state index in [9.17, 15) is 9.59 Å². The molecule has 0 unspecified atom stereocenters. The average molecular weight is 454 g/mol. The van der Waals surface area contributed by atoms with Gasteiger partial charge in [0.25, 0.3) is 5.91 Å². The maximum Gasteiger partial charge on any atom is 0.253 e. The van der Waals surface area contributed by atoms with Gasteiger partial charge in [-0.2, -0.15) is 0 Å². The summed E-state index contributed by atoms with van der Waals surface area (Å²) < 4.78 is 1.05. The minimum atomic E-state index is -0.0221. The Bertz CT molecular complexity index is 752. The van der Waals surface area contributed by atoms with Gasteiger partial charge >= 0.3 is 0 Å². The average Bonchev–Trinajstić information content (AvgIpc) is 2.61. The lowest BCUT2D eigenvalue weighted by Gasteiger charge is -2.31. The zero-order valence-corrected chi connectivity index (χ0v) is 16.0. The molecule has 3 nitrogen and oxygen atoms in total. The number of hydrogen-bond acceptors (Lipinski definition) is 2. The first-order valence-electron chi connectivity index (χ1n) is 7.89. The Balaban J connectivity index is 1.62. The molecule has 5 heteroatoms. The highest BCUT2D eigenvalue weighted by Crippen LogP contribution is 2.24. The number of Topliss-reactive ketones (excluding diaryl/α,β-unsaturated/α-hetero) is 1. The molecule has 0 aliphatic carbocycles. The van der Waals surface area contributed by atoms with Crippen LogP contribution in [0.4, 0.5) is 0 Å². The highest BCUT2D eigenvalue weighted by molar-refractivity contribution is 14.1. The van der Waals surface area contributed by atoms with Gasteiger partial charge in [-0.15, -0.1) is 0 Å². The first-order valence-corrected chi connectivity index (χ1v) is 9.35. The van der Waals surface area contributed by atoms with E-state index in [2.05, 4.69) is 22.6 Å². The summed E-state index contributed by atoms with van der Waals surface area (Å²) in [6.07, 6.45) is 1.41. The number of amides is 1. The van der Waals surface area contributed by atoms with Crippen LogP contribution in [0.2, 0.25) is 5.02 Å². The number of carbonyl (C=O) groups excluding carboxylic acids is 2. The van der Waals surface area contributed by atoms with E-state index in [0.717, 1.165) is 3.57 Å². The molecule has 3 rings (SSSR count). The fourth-order valence-corrected chi connectivity index (χ4v) is 3.67. The molecular formula is C19H17ClINO2. The molecule has 1 aliphatic heterocycles. The predicted octanol–water partition coefficient (Wildman–Crippen LogP) is 4.68.